The van der Waals surface area contributed by atoms with E-state index in [4.69, 9.17) is 11.6 Å². The fourth-order valence-electron chi connectivity index (χ4n) is 1.25. The number of aromatic nitrogens is 2. The van der Waals surface area contributed by atoms with Gasteiger partial charge in [0.2, 0.25) is 6.39 Å². The summed E-state index contributed by atoms with van der Waals surface area (Å²) in [6.07, 6.45) is 1.19. The third kappa shape index (κ3) is 2.70. The minimum atomic E-state index is -0.509. The molecule has 0 fully saturated rings. The number of nitro benzene ring substituents is 1. The molecule has 0 bridgehead atoms. The van der Waals surface area contributed by atoms with Crippen LogP contribution in [0.2, 0.25) is 5.02 Å². The highest BCUT2D eigenvalue weighted by atomic mass is 35.5. The Morgan fingerprint density at radius 2 is 2.35 bits per heavy atom. The molecular weight excluding hydrogens is 248 g/mol. The number of nitro groups is 1. The topological polar surface area (TPSA) is 94.1 Å². The molecule has 1 heterocycles. The van der Waals surface area contributed by atoms with E-state index in [-0.39, 0.29) is 12.2 Å². The highest BCUT2D eigenvalue weighted by Gasteiger charge is 2.14. The van der Waals surface area contributed by atoms with E-state index in [1.807, 2.05) is 0 Å². The van der Waals surface area contributed by atoms with Crippen molar-refractivity contribution in [2.45, 2.75) is 6.54 Å². The summed E-state index contributed by atoms with van der Waals surface area (Å²) >= 11 is 5.69. The number of nitrogens with zero attached hydrogens (tertiary/aromatic N) is 3. The molecule has 1 aromatic heterocycles. The van der Waals surface area contributed by atoms with Crippen LogP contribution in [0.3, 0.4) is 0 Å². The standard InChI is InChI=1S/C9H7ClN4O3/c10-6-1-2-7(8(3-6)14(15)16)11-4-9-12-5-17-13-9/h1-3,5,11H,4H2. The van der Waals surface area contributed by atoms with Crippen LogP contribution in [0.15, 0.2) is 29.1 Å². The van der Waals surface area contributed by atoms with Crippen molar-refractivity contribution in [3.63, 3.8) is 0 Å². The van der Waals surface area contributed by atoms with E-state index in [2.05, 4.69) is 20.0 Å². The van der Waals surface area contributed by atoms with Crippen molar-refractivity contribution in [3.05, 3.63) is 45.6 Å². The van der Waals surface area contributed by atoms with Crippen LogP contribution in [-0.4, -0.2) is 15.1 Å². The van der Waals surface area contributed by atoms with Gasteiger partial charge in [-0.15, -0.1) is 0 Å². The van der Waals surface area contributed by atoms with Gasteiger partial charge in [0.25, 0.3) is 5.69 Å². The molecule has 1 N–H and O–H groups in total. The zero-order valence-corrected chi connectivity index (χ0v) is 9.22. The van der Waals surface area contributed by atoms with Crippen LogP contribution in [-0.2, 0) is 6.54 Å². The van der Waals surface area contributed by atoms with Crippen molar-refractivity contribution in [1.82, 2.24) is 10.1 Å². The zero-order valence-electron chi connectivity index (χ0n) is 8.46. The molecule has 2 aromatic rings. The Kier molecular flexibility index (Phi) is 3.20. The average molecular weight is 255 g/mol. The molecule has 1 aromatic carbocycles. The summed E-state index contributed by atoms with van der Waals surface area (Å²) in [6, 6.07) is 4.37. The Hall–Kier alpha value is -2.15. The smallest absolute Gasteiger partial charge is 0.293 e. The van der Waals surface area contributed by atoms with Gasteiger partial charge in [0.15, 0.2) is 5.82 Å². The van der Waals surface area contributed by atoms with E-state index in [1.54, 1.807) is 6.07 Å². The number of nitrogens with one attached hydrogen (secondary N) is 1. The number of rotatable bonds is 4. The molecule has 0 spiro atoms. The van der Waals surface area contributed by atoms with Crippen LogP contribution >= 0.6 is 11.6 Å². The van der Waals surface area contributed by atoms with Crippen molar-refractivity contribution >= 4 is 23.0 Å². The summed E-state index contributed by atoms with van der Waals surface area (Å²) < 4.78 is 4.54. The summed E-state index contributed by atoms with van der Waals surface area (Å²) in [5.74, 6) is 0.411. The highest BCUT2D eigenvalue weighted by molar-refractivity contribution is 6.30. The average Bonchev–Trinajstić information content (AvgIpc) is 2.80. The van der Waals surface area contributed by atoms with Crippen LogP contribution in [0.1, 0.15) is 5.82 Å². The number of hydrogen-bond donors (Lipinski definition) is 1. The number of anilines is 1. The predicted octanol–water partition coefficient (Wildman–Crippen LogP) is 2.24. The van der Waals surface area contributed by atoms with Crippen molar-refractivity contribution in [3.8, 4) is 0 Å². The van der Waals surface area contributed by atoms with Gasteiger partial charge >= 0.3 is 0 Å². The van der Waals surface area contributed by atoms with Crippen molar-refractivity contribution < 1.29 is 9.45 Å². The van der Waals surface area contributed by atoms with E-state index in [1.165, 1.54) is 18.5 Å². The molecule has 0 unspecified atom stereocenters. The maximum atomic E-state index is 10.8. The van der Waals surface area contributed by atoms with Gasteiger partial charge in [0, 0.05) is 11.1 Å². The molecule has 0 saturated heterocycles. The van der Waals surface area contributed by atoms with Gasteiger partial charge in [-0.1, -0.05) is 16.8 Å². The number of benzene rings is 1. The molecule has 0 atom stereocenters. The van der Waals surface area contributed by atoms with Gasteiger partial charge in [-0.3, -0.25) is 10.1 Å². The normalized spacial score (nSPS) is 10.2. The van der Waals surface area contributed by atoms with Crippen LogP contribution < -0.4 is 5.32 Å². The summed E-state index contributed by atoms with van der Waals surface area (Å²) in [7, 11) is 0. The second-order valence-corrected chi connectivity index (χ2v) is 3.56. The monoisotopic (exact) mass is 254 g/mol. The molecule has 0 aliphatic heterocycles. The zero-order chi connectivity index (χ0) is 12.3. The van der Waals surface area contributed by atoms with E-state index >= 15 is 0 Å². The molecule has 0 radical (unpaired) electrons. The predicted molar refractivity (Wildman–Crippen MR) is 59.7 cm³/mol. The molecule has 17 heavy (non-hydrogen) atoms. The quantitative estimate of drug-likeness (QED) is 0.664. The molecule has 0 amide bonds. The lowest BCUT2D eigenvalue weighted by molar-refractivity contribution is -0.383. The van der Waals surface area contributed by atoms with E-state index in [9.17, 15) is 10.1 Å². The molecule has 7 nitrogen and oxygen atoms in total. The van der Waals surface area contributed by atoms with Crippen LogP contribution in [0.5, 0.6) is 0 Å². The Labute approximate surface area is 101 Å². The summed E-state index contributed by atoms with van der Waals surface area (Å²) in [4.78, 5) is 14.1. The minimum Gasteiger partial charge on any atom is -0.372 e. The third-order valence-corrected chi connectivity index (χ3v) is 2.24. The first-order chi connectivity index (χ1) is 8.16. The van der Waals surface area contributed by atoms with Crippen LogP contribution in [0, 0.1) is 10.1 Å². The molecule has 88 valence electrons. The summed E-state index contributed by atoms with van der Waals surface area (Å²) in [6.45, 7) is 0.235. The molecule has 8 heteroatoms. The Bertz CT molecular complexity index is 529. The summed E-state index contributed by atoms with van der Waals surface area (Å²) in [5, 5.41) is 17.5. The van der Waals surface area contributed by atoms with Crippen molar-refractivity contribution in [2.24, 2.45) is 0 Å². The van der Waals surface area contributed by atoms with Gasteiger partial charge in [-0.2, -0.15) is 4.98 Å². The van der Waals surface area contributed by atoms with Gasteiger partial charge in [-0.25, -0.2) is 0 Å². The van der Waals surface area contributed by atoms with Crippen LogP contribution in [0.4, 0.5) is 11.4 Å². The lowest BCUT2D eigenvalue weighted by Gasteiger charge is -2.04. The molecule has 2 rings (SSSR count). The first kappa shape index (κ1) is 11.3. The first-order valence-corrected chi connectivity index (χ1v) is 4.97. The van der Waals surface area contributed by atoms with Gasteiger partial charge in [0.05, 0.1) is 11.5 Å². The fourth-order valence-corrected chi connectivity index (χ4v) is 1.42. The van der Waals surface area contributed by atoms with E-state index in [0.717, 1.165) is 0 Å². The maximum absolute atomic E-state index is 10.8. The Morgan fingerprint density at radius 1 is 1.53 bits per heavy atom. The molecule has 0 aliphatic carbocycles. The van der Waals surface area contributed by atoms with Crippen molar-refractivity contribution in [1.29, 1.82) is 0 Å². The molecule has 0 saturated carbocycles. The number of halogens is 1. The second-order valence-electron chi connectivity index (χ2n) is 3.12. The third-order valence-electron chi connectivity index (χ3n) is 2.00. The van der Waals surface area contributed by atoms with Crippen LogP contribution in [0.25, 0.3) is 0 Å². The lowest BCUT2D eigenvalue weighted by Crippen LogP contribution is -2.03. The van der Waals surface area contributed by atoms with Gasteiger partial charge in [-0.05, 0) is 12.1 Å². The highest BCUT2D eigenvalue weighted by Crippen LogP contribution is 2.27. The van der Waals surface area contributed by atoms with Crippen molar-refractivity contribution in [2.75, 3.05) is 5.32 Å². The lowest BCUT2D eigenvalue weighted by atomic mass is 10.2. The first-order valence-electron chi connectivity index (χ1n) is 4.60. The fraction of sp³-hybridized carbons (Fsp3) is 0.111. The Balaban J connectivity index is 2.17. The molecule has 0 aliphatic rings. The van der Waals surface area contributed by atoms with E-state index < -0.39 is 4.92 Å². The van der Waals surface area contributed by atoms with Gasteiger partial charge in [0.1, 0.15) is 5.69 Å². The SMILES string of the molecule is O=[N+]([O-])c1cc(Cl)ccc1NCc1ncon1. The van der Waals surface area contributed by atoms with E-state index in [0.29, 0.717) is 16.5 Å². The molecular formula is C9H7ClN4O3. The minimum absolute atomic E-state index is 0.0963. The summed E-state index contributed by atoms with van der Waals surface area (Å²) in [5.41, 5.74) is 0.255. The van der Waals surface area contributed by atoms with Gasteiger partial charge < -0.3 is 9.84 Å². The number of hydrogen-bond acceptors (Lipinski definition) is 6. The maximum Gasteiger partial charge on any atom is 0.293 e. The second kappa shape index (κ2) is 4.79. The largest absolute Gasteiger partial charge is 0.372 e. The Morgan fingerprint density at radius 3 is 3.00 bits per heavy atom.